The third kappa shape index (κ3) is 9.84. The second kappa shape index (κ2) is 21.4. The molecule has 0 saturated heterocycles. The summed E-state index contributed by atoms with van der Waals surface area (Å²) in [5, 5.41) is 2.06. The quantitative estimate of drug-likeness (QED) is 0.0624. The molecule has 0 unspecified atom stereocenters. The van der Waals surface area contributed by atoms with Crippen molar-refractivity contribution in [3.05, 3.63) is 198 Å². The van der Waals surface area contributed by atoms with Crippen molar-refractivity contribution in [1.29, 1.82) is 0 Å². The van der Waals surface area contributed by atoms with Crippen LogP contribution in [0.3, 0.4) is 0 Å². The Bertz CT molecular complexity index is 3720. The van der Waals surface area contributed by atoms with Crippen LogP contribution in [0.5, 0.6) is 11.5 Å². The van der Waals surface area contributed by atoms with Crippen LogP contribution >= 0.6 is 0 Å². The molecule has 79 heavy (non-hydrogen) atoms. The van der Waals surface area contributed by atoms with Gasteiger partial charge >= 0.3 is 0 Å². The van der Waals surface area contributed by atoms with Gasteiger partial charge in [-0.15, -0.1) is 53.6 Å². The summed E-state index contributed by atoms with van der Waals surface area (Å²) < 4.78 is 86.5. The number of anilines is 4. The topological polar surface area (TPSA) is 33.5 Å². The number of hydrogen-bond acceptors (Lipinski definition) is 4. The molecule has 0 spiro atoms. The molecule has 3 aliphatic rings. The monoisotopic (exact) mass is 1240 g/mol. The van der Waals surface area contributed by atoms with Crippen molar-refractivity contribution in [1.82, 2.24) is 9.55 Å². The Balaban J connectivity index is 0.00000660. The van der Waals surface area contributed by atoms with Gasteiger partial charge in [0, 0.05) is 66.9 Å². The first-order valence-electron chi connectivity index (χ1n) is 27.5. The Kier molecular flexibility index (Phi) is 14.7. The Morgan fingerprint density at radius 2 is 1.16 bits per heavy atom. The number of ether oxygens (including phenoxy) is 1. The van der Waals surface area contributed by atoms with Gasteiger partial charge < -0.3 is 19.1 Å². The molecule has 12 rings (SSSR count). The molecule has 1 aliphatic heterocycles. The molecule has 0 atom stereocenters. The molecule has 5 nitrogen and oxygen atoms in total. The van der Waals surface area contributed by atoms with Gasteiger partial charge in [-0.3, -0.25) is 0 Å². The van der Waals surface area contributed by atoms with Gasteiger partial charge in [-0.25, -0.2) is 26.9 Å². The van der Waals surface area contributed by atoms with E-state index in [4.69, 9.17) is 9.72 Å². The summed E-state index contributed by atoms with van der Waals surface area (Å²) in [7, 11) is 0. The summed E-state index contributed by atoms with van der Waals surface area (Å²) in [5.74, 6) is -7.57. The van der Waals surface area contributed by atoms with Crippen LogP contribution in [0.4, 0.5) is 44.7 Å². The molecule has 9 aromatic rings. The summed E-state index contributed by atoms with van der Waals surface area (Å²) in [6, 6.07) is 47.5. The van der Waals surface area contributed by atoms with Crippen molar-refractivity contribution in [2.24, 2.45) is 0 Å². The molecule has 11 heteroatoms. The molecule has 0 amide bonds. The van der Waals surface area contributed by atoms with Gasteiger partial charge in [0.1, 0.15) is 5.82 Å². The fourth-order valence-electron chi connectivity index (χ4n) is 12.5. The van der Waals surface area contributed by atoms with Crippen molar-refractivity contribution >= 4 is 44.6 Å². The molecule has 408 valence electrons. The fraction of sp³-hybridized carbons (Fsp3) is 0.294. The number of aromatic nitrogens is 2. The number of para-hydroxylation sites is 4. The summed E-state index contributed by atoms with van der Waals surface area (Å²) in [6.07, 6.45) is 13.4. The second-order valence-electron chi connectivity index (χ2n) is 23.5. The zero-order valence-electron chi connectivity index (χ0n) is 45.3. The second-order valence-corrected chi connectivity index (χ2v) is 23.5. The first-order chi connectivity index (χ1) is 37.5. The molecular formula is C68H62F5N4OPt-3. The number of hydrogen-bond donors (Lipinski definition) is 0. The summed E-state index contributed by atoms with van der Waals surface area (Å²) in [5.41, 5.74) is 8.76. The van der Waals surface area contributed by atoms with E-state index >= 15 is 17.6 Å². The van der Waals surface area contributed by atoms with E-state index in [0.29, 0.717) is 46.0 Å². The molecular weight excluding hydrogens is 1180 g/mol. The predicted molar refractivity (Wildman–Crippen MR) is 304 cm³/mol. The fourth-order valence-corrected chi connectivity index (χ4v) is 12.5. The third-order valence-electron chi connectivity index (χ3n) is 16.4. The predicted octanol–water partition coefficient (Wildman–Crippen LogP) is 19.7. The van der Waals surface area contributed by atoms with Gasteiger partial charge in [0.05, 0.1) is 5.56 Å². The first-order valence-corrected chi connectivity index (χ1v) is 27.5. The third-order valence-corrected chi connectivity index (χ3v) is 16.4. The number of halogens is 5. The smallest absolute Gasteiger partial charge is 0.200 e. The van der Waals surface area contributed by atoms with Crippen LogP contribution in [0, 0.1) is 47.9 Å². The van der Waals surface area contributed by atoms with Gasteiger partial charge in [-0.05, 0) is 112 Å². The number of nitrogens with zero attached hydrogens (tertiary/aromatic N) is 4. The normalized spacial score (nSPS) is 15.5. The van der Waals surface area contributed by atoms with Gasteiger partial charge in [-0.2, -0.15) is 6.07 Å². The molecule has 0 N–H and O–H groups in total. The number of benzene rings is 7. The Morgan fingerprint density at radius 3 is 1.81 bits per heavy atom. The van der Waals surface area contributed by atoms with Crippen LogP contribution in [0.15, 0.2) is 128 Å². The minimum absolute atomic E-state index is 0. The molecule has 0 bridgehead atoms. The van der Waals surface area contributed by atoms with E-state index in [1.54, 1.807) is 11.0 Å². The molecule has 7 aromatic carbocycles. The van der Waals surface area contributed by atoms with E-state index in [2.05, 4.69) is 98.1 Å². The molecule has 2 aromatic heterocycles. The largest absolute Gasteiger partial charge is 0.509 e. The van der Waals surface area contributed by atoms with Crippen molar-refractivity contribution < 1.29 is 47.8 Å². The molecule has 2 fully saturated rings. The number of rotatable bonds is 9. The van der Waals surface area contributed by atoms with E-state index in [9.17, 15) is 4.39 Å². The van der Waals surface area contributed by atoms with Crippen molar-refractivity contribution in [2.45, 2.75) is 128 Å². The van der Waals surface area contributed by atoms with E-state index in [-0.39, 0.29) is 37.7 Å². The van der Waals surface area contributed by atoms with Gasteiger partial charge in [0.15, 0.2) is 23.3 Å². The van der Waals surface area contributed by atoms with Crippen LogP contribution in [-0.4, -0.2) is 9.55 Å². The average Bonchev–Trinajstić information content (AvgIpc) is 4.24. The average molecular weight is 1240 g/mol. The minimum atomic E-state index is -2.21. The number of pyridine rings is 1. The van der Waals surface area contributed by atoms with Crippen molar-refractivity contribution in [3.63, 3.8) is 0 Å². The van der Waals surface area contributed by atoms with Crippen LogP contribution in [0.1, 0.15) is 140 Å². The SMILES string of the molecule is CC(C)(C)c1ccnc(-n2c3[c-]c(Oc4[c-]c(N5[CH-]N(c6c(-c7c(F)c(F)c(F)c(F)c7F)cccc6C(C)(C)C)c6ccccc65)cc(-c5c(C6CCCCC6)cccc5C5CCCCC5)c4)ccc3c3ccccc32)c1.[Pt]. The molecule has 2 saturated carbocycles. The van der Waals surface area contributed by atoms with E-state index < -0.39 is 40.1 Å². The zero-order valence-corrected chi connectivity index (χ0v) is 47.6. The Hall–Kier alpha value is -6.77. The van der Waals surface area contributed by atoms with Crippen molar-refractivity contribution in [2.75, 3.05) is 9.80 Å². The minimum Gasteiger partial charge on any atom is -0.509 e. The van der Waals surface area contributed by atoms with Gasteiger partial charge in [0.25, 0.3) is 0 Å². The van der Waals surface area contributed by atoms with Gasteiger partial charge in [0.2, 0.25) is 5.82 Å². The van der Waals surface area contributed by atoms with E-state index in [0.717, 1.165) is 64.4 Å². The maximum atomic E-state index is 16.1. The molecule has 0 radical (unpaired) electrons. The van der Waals surface area contributed by atoms with Crippen LogP contribution < -0.4 is 14.5 Å². The summed E-state index contributed by atoms with van der Waals surface area (Å²) >= 11 is 0. The molecule has 2 aliphatic carbocycles. The first kappa shape index (κ1) is 54.2. The van der Waals surface area contributed by atoms with Gasteiger partial charge in [-0.1, -0.05) is 152 Å². The standard InChI is InChI=1S/C68H62F5N4O.Pt/c1-67(2,3)44-33-34-74-58(37-44)77-54-28-14-13-23-50(54)51-32-31-46(39-57(51)77)78-47-36-43(59-48(41-19-9-7-10-20-41)24-17-25-49(59)42-21-11-8-12-22-42)35-45(38-47)75-40-76(56-30-16-15-29-55(56)75)66-52(26-18-27-53(66)68(4,5)6)60-61(69)63(71)65(73)64(72)62(60)70;/h13-18,23-37,40-42H,7-12,19-22H2,1-6H3;/q-3;. The van der Waals surface area contributed by atoms with Crippen LogP contribution in [-0.2, 0) is 31.9 Å². The molecule has 3 heterocycles. The Labute approximate surface area is 474 Å². The van der Waals surface area contributed by atoms with Crippen LogP contribution in [0.2, 0.25) is 0 Å². The Morgan fingerprint density at radius 1 is 0.557 bits per heavy atom. The van der Waals surface area contributed by atoms with E-state index in [1.165, 1.54) is 61.3 Å². The van der Waals surface area contributed by atoms with Crippen LogP contribution in [0.25, 0.3) is 49.9 Å². The summed E-state index contributed by atoms with van der Waals surface area (Å²) in [4.78, 5) is 8.69. The summed E-state index contributed by atoms with van der Waals surface area (Å²) in [6.45, 7) is 14.3. The zero-order chi connectivity index (χ0) is 54.2. The maximum Gasteiger partial charge on any atom is 0.200 e. The number of fused-ring (bicyclic) bond motifs is 4. The van der Waals surface area contributed by atoms with Crippen molar-refractivity contribution in [3.8, 4) is 39.6 Å². The van der Waals surface area contributed by atoms with E-state index in [1.807, 2.05) is 87.1 Å². The maximum absolute atomic E-state index is 16.1.